The van der Waals surface area contributed by atoms with E-state index in [1.807, 2.05) is 48.2 Å². The van der Waals surface area contributed by atoms with E-state index in [0.717, 1.165) is 24.2 Å². The van der Waals surface area contributed by atoms with Crippen LogP contribution in [-0.4, -0.2) is 51.9 Å². The molecule has 1 atom stereocenters. The van der Waals surface area contributed by atoms with Gasteiger partial charge in [-0.2, -0.15) is 0 Å². The van der Waals surface area contributed by atoms with Crippen molar-refractivity contribution in [2.24, 2.45) is 0 Å². The molecule has 6 nitrogen and oxygen atoms in total. The van der Waals surface area contributed by atoms with Gasteiger partial charge < -0.3 is 14.4 Å². The lowest BCUT2D eigenvalue weighted by molar-refractivity contribution is 0.0498. The second-order valence-electron chi connectivity index (χ2n) is 7.64. The van der Waals surface area contributed by atoms with Gasteiger partial charge in [-0.1, -0.05) is 30.3 Å². The first kappa shape index (κ1) is 19.3. The summed E-state index contributed by atoms with van der Waals surface area (Å²) in [5, 5.41) is 0. The summed E-state index contributed by atoms with van der Waals surface area (Å²) in [7, 11) is 2.09. The quantitative estimate of drug-likeness (QED) is 0.690. The number of nitrogens with zero attached hydrogens (tertiary/aromatic N) is 4. The summed E-state index contributed by atoms with van der Waals surface area (Å²) in [6.45, 7) is 6.54. The number of hydrogen-bond acceptors (Lipinski definition) is 4. The topological polar surface area (TPSA) is 58.4 Å². The van der Waals surface area contributed by atoms with Gasteiger partial charge >= 0.3 is 0 Å². The summed E-state index contributed by atoms with van der Waals surface area (Å²) in [5.74, 6) is 0.00237. The molecule has 0 bridgehead atoms. The molecular weight excluding hydrogens is 364 g/mol. The highest BCUT2D eigenvalue weighted by atomic mass is 16.2. The summed E-state index contributed by atoms with van der Waals surface area (Å²) in [6, 6.07) is 15.7. The molecule has 2 aromatic carbocycles. The molecule has 1 aliphatic rings. The largest absolute Gasteiger partial charge is 0.329 e. The van der Waals surface area contributed by atoms with Crippen molar-refractivity contribution >= 4 is 16.9 Å². The molecule has 29 heavy (non-hydrogen) atoms. The number of fused-ring (bicyclic) bond motifs is 1. The minimum absolute atomic E-state index is 0.00237. The third kappa shape index (κ3) is 3.56. The van der Waals surface area contributed by atoms with E-state index in [4.69, 9.17) is 0 Å². The maximum atomic E-state index is 13.5. The van der Waals surface area contributed by atoms with Gasteiger partial charge in [-0.15, -0.1) is 0 Å². The lowest BCUT2D eigenvalue weighted by Crippen LogP contribution is -2.49. The Morgan fingerprint density at radius 1 is 1.14 bits per heavy atom. The van der Waals surface area contributed by atoms with Gasteiger partial charge in [0.05, 0.1) is 17.1 Å². The van der Waals surface area contributed by atoms with Crippen molar-refractivity contribution in [3.8, 4) is 0 Å². The number of rotatable bonds is 3. The highest BCUT2D eigenvalue weighted by Crippen LogP contribution is 2.27. The van der Waals surface area contributed by atoms with Gasteiger partial charge in [-0.25, -0.2) is 4.98 Å². The molecule has 1 aromatic heterocycles. The van der Waals surface area contributed by atoms with Crippen LogP contribution in [0.1, 0.15) is 34.6 Å². The molecule has 3 aromatic rings. The number of benzene rings is 2. The van der Waals surface area contributed by atoms with Crippen LogP contribution in [0.15, 0.2) is 53.3 Å². The lowest BCUT2D eigenvalue weighted by atomic mass is 10.0. The van der Waals surface area contributed by atoms with Crippen molar-refractivity contribution in [3.63, 3.8) is 0 Å². The van der Waals surface area contributed by atoms with Gasteiger partial charge in [0.1, 0.15) is 5.69 Å². The van der Waals surface area contributed by atoms with Gasteiger partial charge in [-0.05, 0) is 44.7 Å². The first-order chi connectivity index (χ1) is 14.0. The van der Waals surface area contributed by atoms with E-state index in [2.05, 4.69) is 29.1 Å². The van der Waals surface area contributed by atoms with Crippen LogP contribution in [0.25, 0.3) is 11.0 Å². The molecule has 0 spiro atoms. The van der Waals surface area contributed by atoms with Gasteiger partial charge in [0.2, 0.25) is 0 Å². The Bertz CT molecular complexity index is 1110. The van der Waals surface area contributed by atoms with Crippen LogP contribution in [0.4, 0.5) is 0 Å². The fourth-order valence-electron chi connectivity index (χ4n) is 4.11. The monoisotopic (exact) mass is 390 g/mol. The summed E-state index contributed by atoms with van der Waals surface area (Å²) in [4.78, 5) is 34.4. The Kier molecular flexibility index (Phi) is 5.20. The zero-order chi connectivity index (χ0) is 20.5. The zero-order valence-corrected chi connectivity index (χ0v) is 17.1. The Hall–Kier alpha value is -2.99. The second kappa shape index (κ2) is 7.79. The highest BCUT2D eigenvalue weighted by Gasteiger charge is 2.31. The summed E-state index contributed by atoms with van der Waals surface area (Å²) >= 11 is 0. The Morgan fingerprint density at radius 2 is 1.90 bits per heavy atom. The number of hydrogen-bond donors (Lipinski definition) is 0. The average molecular weight is 390 g/mol. The second-order valence-corrected chi connectivity index (χ2v) is 7.64. The van der Waals surface area contributed by atoms with Crippen molar-refractivity contribution in [3.05, 3.63) is 75.7 Å². The zero-order valence-electron chi connectivity index (χ0n) is 17.1. The maximum Gasteiger partial charge on any atom is 0.272 e. The number of aryl methyl sites for hydroxylation is 2. The van der Waals surface area contributed by atoms with E-state index in [-0.39, 0.29) is 17.5 Å². The van der Waals surface area contributed by atoms with Crippen LogP contribution in [-0.2, 0) is 6.54 Å². The van der Waals surface area contributed by atoms with E-state index in [9.17, 15) is 9.59 Å². The summed E-state index contributed by atoms with van der Waals surface area (Å²) in [5.41, 5.74) is 3.56. The third-order valence-electron chi connectivity index (χ3n) is 5.70. The molecule has 1 aliphatic heterocycles. The number of amides is 1. The predicted octanol–water partition coefficient (Wildman–Crippen LogP) is 2.85. The summed E-state index contributed by atoms with van der Waals surface area (Å²) < 4.78 is 1.70. The normalized spacial score (nSPS) is 17.6. The molecule has 0 unspecified atom stereocenters. The third-order valence-corrected chi connectivity index (χ3v) is 5.70. The molecule has 0 aliphatic carbocycles. The number of carbonyl (C=O) groups is 1. The highest BCUT2D eigenvalue weighted by molar-refractivity contribution is 5.97. The standard InChI is InChI=1S/C23H26N4O2/c1-4-26-20-11-10-18(14-19(20)24-16(2)22(26)28)23(29)27-13-12-25(3)15-21(27)17-8-6-5-7-9-17/h5-11,14,21H,4,12-13,15H2,1-3H3/t21-/m1/s1. The maximum absolute atomic E-state index is 13.5. The molecule has 4 rings (SSSR count). The molecule has 0 radical (unpaired) electrons. The molecule has 150 valence electrons. The lowest BCUT2D eigenvalue weighted by Gasteiger charge is -2.40. The van der Waals surface area contributed by atoms with Crippen molar-refractivity contribution in [2.75, 3.05) is 26.7 Å². The van der Waals surface area contributed by atoms with Crippen LogP contribution >= 0.6 is 0 Å². The van der Waals surface area contributed by atoms with E-state index in [1.165, 1.54) is 0 Å². The molecule has 0 N–H and O–H groups in total. The molecule has 0 saturated carbocycles. The van der Waals surface area contributed by atoms with Crippen molar-refractivity contribution in [1.29, 1.82) is 0 Å². The van der Waals surface area contributed by atoms with Crippen LogP contribution in [0.5, 0.6) is 0 Å². The molecule has 1 amide bonds. The Balaban J connectivity index is 1.73. The SMILES string of the molecule is CCn1c(=O)c(C)nc2cc(C(=O)N3CCN(C)C[C@@H]3c3ccccc3)ccc21. The number of aromatic nitrogens is 2. The first-order valence-corrected chi connectivity index (χ1v) is 10.0. The smallest absolute Gasteiger partial charge is 0.272 e. The number of carbonyl (C=O) groups excluding carboxylic acids is 1. The minimum atomic E-state index is -0.0812. The van der Waals surface area contributed by atoms with Gasteiger partial charge in [0, 0.05) is 31.7 Å². The molecule has 1 fully saturated rings. The van der Waals surface area contributed by atoms with E-state index < -0.39 is 0 Å². The molecule has 1 saturated heterocycles. The van der Waals surface area contributed by atoms with Crippen LogP contribution in [0, 0.1) is 6.92 Å². The number of piperazine rings is 1. The van der Waals surface area contributed by atoms with Gasteiger partial charge in [0.15, 0.2) is 0 Å². The minimum Gasteiger partial charge on any atom is -0.329 e. The van der Waals surface area contributed by atoms with E-state index in [0.29, 0.717) is 29.9 Å². The first-order valence-electron chi connectivity index (χ1n) is 10.0. The van der Waals surface area contributed by atoms with E-state index in [1.54, 1.807) is 11.5 Å². The predicted molar refractivity (Wildman–Crippen MR) is 114 cm³/mol. The van der Waals surface area contributed by atoms with E-state index >= 15 is 0 Å². The molecular formula is C23H26N4O2. The Labute approximate surface area is 170 Å². The van der Waals surface area contributed by atoms with Gasteiger partial charge in [-0.3, -0.25) is 9.59 Å². The molecule has 6 heteroatoms. The van der Waals surface area contributed by atoms with Crippen molar-refractivity contribution in [1.82, 2.24) is 19.4 Å². The molecule has 2 heterocycles. The van der Waals surface area contributed by atoms with Crippen molar-refractivity contribution in [2.45, 2.75) is 26.4 Å². The number of likely N-dealkylation sites (N-methyl/N-ethyl adjacent to an activating group) is 1. The van der Waals surface area contributed by atoms with Crippen LogP contribution < -0.4 is 5.56 Å². The van der Waals surface area contributed by atoms with Crippen molar-refractivity contribution < 1.29 is 4.79 Å². The fraction of sp³-hybridized carbons (Fsp3) is 0.348. The van der Waals surface area contributed by atoms with Crippen LogP contribution in [0.2, 0.25) is 0 Å². The van der Waals surface area contributed by atoms with Crippen LogP contribution in [0.3, 0.4) is 0 Å². The Morgan fingerprint density at radius 3 is 2.62 bits per heavy atom. The summed E-state index contributed by atoms with van der Waals surface area (Å²) in [6.07, 6.45) is 0. The van der Waals surface area contributed by atoms with Gasteiger partial charge in [0.25, 0.3) is 11.5 Å². The average Bonchev–Trinajstić information content (AvgIpc) is 2.74. The fourth-order valence-corrected chi connectivity index (χ4v) is 4.11.